The first-order valence-corrected chi connectivity index (χ1v) is 10.4. The first-order chi connectivity index (χ1) is 14.3. The Hall–Kier alpha value is -3.02. The Kier molecular flexibility index (Phi) is 6.65. The molecule has 0 radical (unpaired) electrons. The standard InChI is InChI=1S/C24H28FN3O2/c1-5-27-22(26-21-9-7-6-8-20(21)24(27)30)17(4)28(15-14-16(2)3)23(29)18-10-12-19(25)13-11-18/h6-13,16-17H,5,14-15H2,1-4H3. The van der Waals surface area contributed by atoms with Crippen LogP contribution in [0, 0.1) is 11.7 Å². The Balaban J connectivity index is 2.08. The summed E-state index contributed by atoms with van der Waals surface area (Å²) in [5, 5.41) is 0.564. The zero-order valence-electron chi connectivity index (χ0n) is 17.9. The molecule has 1 heterocycles. The molecule has 0 saturated carbocycles. The fourth-order valence-electron chi connectivity index (χ4n) is 3.58. The predicted molar refractivity (Wildman–Crippen MR) is 117 cm³/mol. The molecule has 1 unspecified atom stereocenters. The van der Waals surface area contributed by atoms with Crippen molar-refractivity contribution in [2.45, 2.75) is 46.7 Å². The average molecular weight is 410 g/mol. The van der Waals surface area contributed by atoms with Crippen molar-refractivity contribution in [1.82, 2.24) is 14.5 Å². The summed E-state index contributed by atoms with van der Waals surface area (Å²) in [6.45, 7) is 8.96. The van der Waals surface area contributed by atoms with Gasteiger partial charge < -0.3 is 4.90 Å². The summed E-state index contributed by atoms with van der Waals surface area (Å²) in [4.78, 5) is 32.8. The van der Waals surface area contributed by atoms with E-state index in [1.807, 2.05) is 32.0 Å². The molecule has 30 heavy (non-hydrogen) atoms. The fraction of sp³-hybridized carbons (Fsp3) is 0.375. The van der Waals surface area contributed by atoms with Crippen molar-refractivity contribution < 1.29 is 9.18 Å². The number of aromatic nitrogens is 2. The van der Waals surface area contributed by atoms with Crippen molar-refractivity contribution >= 4 is 16.8 Å². The van der Waals surface area contributed by atoms with Gasteiger partial charge in [-0.3, -0.25) is 14.2 Å². The number of amides is 1. The lowest BCUT2D eigenvalue weighted by molar-refractivity contribution is 0.0669. The van der Waals surface area contributed by atoms with Crippen LogP contribution in [0.3, 0.4) is 0 Å². The van der Waals surface area contributed by atoms with Crippen molar-refractivity contribution in [3.05, 3.63) is 76.1 Å². The Morgan fingerprint density at radius 1 is 1.10 bits per heavy atom. The van der Waals surface area contributed by atoms with Gasteiger partial charge in [0.05, 0.1) is 16.9 Å². The molecule has 2 aromatic carbocycles. The summed E-state index contributed by atoms with van der Waals surface area (Å²) in [5.41, 5.74) is 0.924. The molecule has 0 aliphatic rings. The van der Waals surface area contributed by atoms with E-state index in [0.29, 0.717) is 41.3 Å². The number of nitrogens with zero attached hydrogens (tertiary/aromatic N) is 3. The van der Waals surface area contributed by atoms with Crippen LogP contribution in [-0.4, -0.2) is 26.9 Å². The molecule has 1 amide bonds. The molecule has 3 aromatic rings. The minimum absolute atomic E-state index is 0.108. The van der Waals surface area contributed by atoms with E-state index in [0.717, 1.165) is 6.42 Å². The molecule has 1 atom stereocenters. The Morgan fingerprint density at radius 3 is 2.40 bits per heavy atom. The summed E-state index contributed by atoms with van der Waals surface area (Å²) < 4.78 is 15.0. The van der Waals surface area contributed by atoms with Crippen LogP contribution in [-0.2, 0) is 6.54 Å². The molecule has 158 valence electrons. The SMILES string of the molecule is CCn1c(C(C)N(CCC(C)C)C(=O)c2ccc(F)cc2)nc2ccccc2c1=O. The second-order valence-electron chi connectivity index (χ2n) is 7.90. The molecule has 1 aromatic heterocycles. The quantitative estimate of drug-likeness (QED) is 0.563. The Morgan fingerprint density at radius 2 is 1.77 bits per heavy atom. The molecule has 0 N–H and O–H groups in total. The monoisotopic (exact) mass is 409 g/mol. The predicted octanol–water partition coefficient (Wildman–Crippen LogP) is 4.81. The molecule has 6 heteroatoms. The van der Waals surface area contributed by atoms with Gasteiger partial charge >= 0.3 is 0 Å². The van der Waals surface area contributed by atoms with E-state index in [1.165, 1.54) is 24.3 Å². The zero-order chi connectivity index (χ0) is 21.8. The second kappa shape index (κ2) is 9.20. The highest BCUT2D eigenvalue weighted by molar-refractivity contribution is 5.94. The number of hydrogen-bond donors (Lipinski definition) is 0. The topological polar surface area (TPSA) is 55.2 Å². The third kappa shape index (κ3) is 4.42. The number of rotatable bonds is 7. The number of fused-ring (bicyclic) bond motifs is 1. The van der Waals surface area contributed by atoms with Crippen LogP contribution < -0.4 is 5.56 Å². The average Bonchev–Trinajstić information content (AvgIpc) is 2.73. The highest BCUT2D eigenvalue weighted by Crippen LogP contribution is 2.23. The van der Waals surface area contributed by atoms with Gasteiger partial charge in [-0.15, -0.1) is 0 Å². The van der Waals surface area contributed by atoms with E-state index >= 15 is 0 Å². The normalized spacial score (nSPS) is 12.3. The molecule has 0 saturated heterocycles. The molecule has 0 aliphatic heterocycles. The number of carbonyl (C=O) groups is 1. The largest absolute Gasteiger partial charge is 0.329 e. The Labute approximate surface area is 176 Å². The maximum Gasteiger partial charge on any atom is 0.261 e. The van der Waals surface area contributed by atoms with Crippen molar-refractivity contribution in [2.24, 2.45) is 5.92 Å². The number of carbonyl (C=O) groups excluding carboxylic acids is 1. The van der Waals surface area contributed by atoms with Gasteiger partial charge in [0.15, 0.2) is 0 Å². The highest BCUT2D eigenvalue weighted by atomic mass is 19.1. The molecule has 0 fully saturated rings. The van der Waals surface area contributed by atoms with E-state index in [1.54, 1.807) is 15.5 Å². The van der Waals surface area contributed by atoms with Gasteiger partial charge in [-0.25, -0.2) is 9.37 Å². The van der Waals surface area contributed by atoms with E-state index in [4.69, 9.17) is 4.98 Å². The number of halogens is 1. The van der Waals surface area contributed by atoms with E-state index < -0.39 is 6.04 Å². The minimum Gasteiger partial charge on any atom is -0.329 e. The fourth-order valence-corrected chi connectivity index (χ4v) is 3.58. The first kappa shape index (κ1) is 21.7. The molecule has 0 spiro atoms. The molecular weight excluding hydrogens is 381 g/mol. The van der Waals surface area contributed by atoms with E-state index in [9.17, 15) is 14.0 Å². The lowest BCUT2D eigenvalue weighted by Gasteiger charge is -2.31. The van der Waals surface area contributed by atoms with Crippen LogP contribution in [0.25, 0.3) is 10.9 Å². The first-order valence-electron chi connectivity index (χ1n) is 10.4. The van der Waals surface area contributed by atoms with Crippen molar-refractivity contribution in [2.75, 3.05) is 6.54 Å². The molecule has 0 bridgehead atoms. The minimum atomic E-state index is -0.418. The van der Waals surface area contributed by atoms with Gasteiger partial charge in [-0.1, -0.05) is 26.0 Å². The summed E-state index contributed by atoms with van der Waals surface area (Å²) in [7, 11) is 0. The lowest BCUT2D eigenvalue weighted by atomic mass is 10.1. The van der Waals surface area contributed by atoms with Gasteiger partial charge in [0, 0.05) is 18.7 Å². The van der Waals surface area contributed by atoms with Crippen LogP contribution in [0.1, 0.15) is 56.3 Å². The van der Waals surface area contributed by atoms with Crippen molar-refractivity contribution in [1.29, 1.82) is 0 Å². The van der Waals surface area contributed by atoms with Crippen molar-refractivity contribution in [3.63, 3.8) is 0 Å². The van der Waals surface area contributed by atoms with E-state index in [-0.39, 0.29) is 17.3 Å². The van der Waals surface area contributed by atoms with Crippen LogP contribution >= 0.6 is 0 Å². The number of para-hydroxylation sites is 1. The maximum atomic E-state index is 13.3. The van der Waals surface area contributed by atoms with Crippen LogP contribution in [0.4, 0.5) is 4.39 Å². The van der Waals surface area contributed by atoms with Crippen LogP contribution in [0.5, 0.6) is 0 Å². The van der Waals surface area contributed by atoms with E-state index in [2.05, 4.69) is 13.8 Å². The summed E-state index contributed by atoms with van der Waals surface area (Å²) >= 11 is 0. The smallest absolute Gasteiger partial charge is 0.261 e. The lowest BCUT2D eigenvalue weighted by Crippen LogP contribution is -2.38. The second-order valence-corrected chi connectivity index (χ2v) is 7.90. The molecule has 3 rings (SSSR count). The van der Waals surface area contributed by atoms with Gasteiger partial charge in [0.1, 0.15) is 11.6 Å². The molecule has 5 nitrogen and oxygen atoms in total. The molecule has 0 aliphatic carbocycles. The van der Waals surface area contributed by atoms with Crippen LogP contribution in [0.2, 0.25) is 0 Å². The Bertz CT molecular complexity index is 1090. The van der Waals surface area contributed by atoms with Crippen molar-refractivity contribution in [3.8, 4) is 0 Å². The third-order valence-electron chi connectivity index (χ3n) is 5.35. The van der Waals surface area contributed by atoms with Gasteiger partial charge in [-0.2, -0.15) is 0 Å². The van der Waals surface area contributed by atoms with Gasteiger partial charge in [-0.05, 0) is 62.6 Å². The van der Waals surface area contributed by atoms with Gasteiger partial charge in [0.2, 0.25) is 0 Å². The number of hydrogen-bond acceptors (Lipinski definition) is 3. The molecular formula is C24H28FN3O2. The highest BCUT2D eigenvalue weighted by Gasteiger charge is 2.27. The number of benzene rings is 2. The van der Waals surface area contributed by atoms with Gasteiger partial charge in [0.25, 0.3) is 11.5 Å². The maximum absolute atomic E-state index is 13.3. The van der Waals surface area contributed by atoms with Crippen LogP contribution in [0.15, 0.2) is 53.3 Å². The summed E-state index contributed by atoms with van der Waals surface area (Å²) in [5.74, 6) is 0.372. The third-order valence-corrected chi connectivity index (χ3v) is 5.35. The zero-order valence-corrected chi connectivity index (χ0v) is 17.9. The summed E-state index contributed by atoms with van der Waals surface area (Å²) in [6, 6.07) is 12.4. The summed E-state index contributed by atoms with van der Waals surface area (Å²) in [6.07, 6.45) is 0.807.